The lowest BCUT2D eigenvalue weighted by Crippen LogP contribution is -2.14. The summed E-state index contributed by atoms with van der Waals surface area (Å²) in [6.07, 6.45) is 0. The normalized spacial score (nSPS) is 11.3. The Morgan fingerprint density at radius 3 is 2.45 bits per heavy atom. The SMILES string of the molecule is Cc1ccc(Cl)c(Nc2ccc(S(N)(=O)=O)c(N)c2)c1. The molecule has 0 heterocycles. The summed E-state index contributed by atoms with van der Waals surface area (Å²) in [5.41, 5.74) is 8.17. The molecule has 0 amide bonds. The number of primary sulfonamides is 1. The van der Waals surface area contributed by atoms with E-state index < -0.39 is 10.0 Å². The van der Waals surface area contributed by atoms with Crippen LogP contribution >= 0.6 is 11.6 Å². The van der Waals surface area contributed by atoms with Gasteiger partial charge in [-0.05, 0) is 42.8 Å². The van der Waals surface area contributed by atoms with E-state index in [0.717, 1.165) is 11.3 Å². The summed E-state index contributed by atoms with van der Waals surface area (Å²) in [4.78, 5) is -0.0987. The summed E-state index contributed by atoms with van der Waals surface area (Å²) >= 11 is 6.08. The standard InChI is InChI=1S/C13H14ClN3O2S/c1-8-2-4-10(14)12(6-8)17-9-3-5-13(11(15)7-9)20(16,18)19/h2-7,17H,15H2,1H3,(H2,16,18,19). The van der Waals surface area contributed by atoms with Crippen LogP contribution < -0.4 is 16.2 Å². The third-order valence-electron chi connectivity index (χ3n) is 2.72. The molecule has 7 heteroatoms. The van der Waals surface area contributed by atoms with Gasteiger partial charge in [-0.15, -0.1) is 0 Å². The summed E-state index contributed by atoms with van der Waals surface area (Å²) < 4.78 is 22.6. The van der Waals surface area contributed by atoms with Crippen molar-refractivity contribution in [2.24, 2.45) is 5.14 Å². The summed E-state index contributed by atoms with van der Waals surface area (Å²) in [6.45, 7) is 1.94. The molecule has 0 fully saturated rings. The number of nitrogens with one attached hydrogen (secondary N) is 1. The molecule has 0 aromatic heterocycles. The fourth-order valence-corrected chi connectivity index (χ4v) is 2.59. The molecule has 0 bridgehead atoms. The Balaban J connectivity index is 2.36. The van der Waals surface area contributed by atoms with Crippen molar-refractivity contribution in [2.45, 2.75) is 11.8 Å². The molecule has 0 aliphatic carbocycles. The van der Waals surface area contributed by atoms with Crippen molar-refractivity contribution < 1.29 is 8.42 Å². The summed E-state index contributed by atoms with van der Waals surface area (Å²) in [5, 5.41) is 8.70. The Morgan fingerprint density at radius 1 is 1.15 bits per heavy atom. The van der Waals surface area contributed by atoms with Crippen molar-refractivity contribution in [1.29, 1.82) is 0 Å². The molecule has 5 N–H and O–H groups in total. The molecule has 2 aromatic carbocycles. The first kappa shape index (κ1) is 14.6. The van der Waals surface area contributed by atoms with E-state index in [-0.39, 0.29) is 10.6 Å². The van der Waals surface area contributed by atoms with Gasteiger partial charge in [0.25, 0.3) is 0 Å². The summed E-state index contributed by atoms with van der Waals surface area (Å²) in [7, 11) is -3.82. The summed E-state index contributed by atoms with van der Waals surface area (Å²) in [6, 6.07) is 9.99. The van der Waals surface area contributed by atoms with E-state index >= 15 is 0 Å². The van der Waals surface area contributed by atoms with Gasteiger partial charge in [0, 0.05) is 5.69 Å². The van der Waals surface area contributed by atoms with Crippen molar-refractivity contribution in [2.75, 3.05) is 11.1 Å². The molecule has 20 heavy (non-hydrogen) atoms. The molecular formula is C13H14ClN3O2S. The molecule has 0 atom stereocenters. The van der Waals surface area contributed by atoms with Crippen LogP contribution in [0.3, 0.4) is 0 Å². The maximum atomic E-state index is 11.3. The number of nitrogen functional groups attached to an aromatic ring is 1. The third-order valence-corrected chi connectivity index (χ3v) is 4.03. The van der Waals surface area contributed by atoms with E-state index in [2.05, 4.69) is 5.32 Å². The van der Waals surface area contributed by atoms with Crippen LogP contribution in [-0.4, -0.2) is 8.42 Å². The van der Waals surface area contributed by atoms with Crippen LogP contribution in [0, 0.1) is 6.92 Å². The van der Waals surface area contributed by atoms with Crippen LogP contribution in [0.15, 0.2) is 41.3 Å². The van der Waals surface area contributed by atoms with Gasteiger partial charge in [-0.25, -0.2) is 13.6 Å². The Hall–Kier alpha value is -1.76. The monoisotopic (exact) mass is 311 g/mol. The number of rotatable bonds is 3. The van der Waals surface area contributed by atoms with Crippen LogP contribution in [0.25, 0.3) is 0 Å². The zero-order chi connectivity index (χ0) is 14.9. The van der Waals surface area contributed by atoms with Gasteiger partial charge in [0.2, 0.25) is 10.0 Å². The Bertz CT molecular complexity index is 760. The first-order valence-corrected chi connectivity index (χ1v) is 7.65. The number of anilines is 3. The van der Waals surface area contributed by atoms with E-state index in [9.17, 15) is 8.42 Å². The zero-order valence-electron chi connectivity index (χ0n) is 10.7. The molecule has 0 unspecified atom stereocenters. The molecule has 0 aliphatic heterocycles. The number of nitrogens with two attached hydrogens (primary N) is 2. The van der Waals surface area contributed by atoms with Crippen LogP contribution in [-0.2, 0) is 10.0 Å². The lowest BCUT2D eigenvalue weighted by molar-refractivity contribution is 0.598. The Labute approximate surface area is 122 Å². The molecule has 0 saturated carbocycles. The van der Waals surface area contributed by atoms with Crippen LogP contribution in [0.2, 0.25) is 5.02 Å². The van der Waals surface area contributed by atoms with E-state index in [4.69, 9.17) is 22.5 Å². The maximum absolute atomic E-state index is 11.3. The highest BCUT2D eigenvalue weighted by molar-refractivity contribution is 7.89. The number of benzene rings is 2. The lowest BCUT2D eigenvalue weighted by Gasteiger charge is -2.11. The van der Waals surface area contributed by atoms with Gasteiger partial charge in [-0.3, -0.25) is 0 Å². The highest BCUT2D eigenvalue weighted by atomic mass is 35.5. The Morgan fingerprint density at radius 2 is 1.85 bits per heavy atom. The van der Waals surface area contributed by atoms with Crippen molar-refractivity contribution in [1.82, 2.24) is 0 Å². The van der Waals surface area contributed by atoms with Crippen molar-refractivity contribution >= 4 is 38.7 Å². The highest BCUT2D eigenvalue weighted by Gasteiger charge is 2.12. The maximum Gasteiger partial charge on any atom is 0.240 e. The van der Waals surface area contributed by atoms with Gasteiger partial charge in [-0.1, -0.05) is 17.7 Å². The van der Waals surface area contributed by atoms with Crippen LogP contribution in [0.1, 0.15) is 5.56 Å². The van der Waals surface area contributed by atoms with Gasteiger partial charge >= 0.3 is 0 Å². The molecule has 0 aliphatic rings. The average molecular weight is 312 g/mol. The van der Waals surface area contributed by atoms with Crippen LogP contribution in [0.4, 0.5) is 17.1 Å². The number of hydrogen-bond donors (Lipinski definition) is 3. The summed E-state index contributed by atoms with van der Waals surface area (Å²) in [5.74, 6) is 0. The fraction of sp³-hybridized carbons (Fsp3) is 0.0769. The second kappa shape index (κ2) is 5.32. The van der Waals surface area contributed by atoms with Crippen LogP contribution in [0.5, 0.6) is 0 Å². The molecular weight excluding hydrogens is 298 g/mol. The molecule has 2 aromatic rings. The smallest absolute Gasteiger partial charge is 0.240 e. The number of aryl methyl sites for hydroxylation is 1. The zero-order valence-corrected chi connectivity index (χ0v) is 12.3. The predicted molar refractivity (Wildman–Crippen MR) is 81.7 cm³/mol. The highest BCUT2D eigenvalue weighted by Crippen LogP contribution is 2.28. The number of sulfonamides is 1. The van der Waals surface area contributed by atoms with Gasteiger partial charge in [0.05, 0.1) is 16.4 Å². The molecule has 2 rings (SSSR count). The van der Waals surface area contributed by atoms with Crippen molar-refractivity contribution in [3.63, 3.8) is 0 Å². The second-order valence-corrected chi connectivity index (χ2v) is 6.34. The molecule has 106 valence electrons. The van der Waals surface area contributed by atoms with Gasteiger partial charge in [0.1, 0.15) is 4.90 Å². The topological polar surface area (TPSA) is 98.2 Å². The predicted octanol–water partition coefficient (Wildman–Crippen LogP) is 2.62. The minimum absolute atomic E-state index is 0.0845. The molecule has 0 radical (unpaired) electrons. The van der Waals surface area contributed by atoms with E-state index in [1.54, 1.807) is 12.1 Å². The minimum atomic E-state index is -3.82. The van der Waals surface area contributed by atoms with E-state index in [0.29, 0.717) is 10.7 Å². The van der Waals surface area contributed by atoms with Crippen molar-refractivity contribution in [3.8, 4) is 0 Å². The van der Waals surface area contributed by atoms with Crippen molar-refractivity contribution in [3.05, 3.63) is 47.0 Å². The number of halogens is 1. The van der Waals surface area contributed by atoms with E-state index in [1.165, 1.54) is 12.1 Å². The fourth-order valence-electron chi connectivity index (χ4n) is 1.78. The van der Waals surface area contributed by atoms with E-state index in [1.807, 2.05) is 19.1 Å². The van der Waals surface area contributed by atoms with Gasteiger partial charge in [-0.2, -0.15) is 0 Å². The quantitative estimate of drug-likeness (QED) is 0.759. The number of hydrogen-bond acceptors (Lipinski definition) is 4. The largest absolute Gasteiger partial charge is 0.398 e. The van der Waals surface area contributed by atoms with Gasteiger partial charge in [0.15, 0.2) is 0 Å². The third kappa shape index (κ3) is 3.22. The first-order chi connectivity index (χ1) is 9.27. The first-order valence-electron chi connectivity index (χ1n) is 5.73. The molecule has 0 spiro atoms. The minimum Gasteiger partial charge on any atom is -0.398 e. The second-order valence-electron chi connectivity index (χ2n) is 4.41. The Kier molecular flexibility index (Phi) is 3.89. The molecule has 5 nitrogen and oxygen atoms in total. The average Bonchev–Trinajstić information content (AvgIpc) is 2.32. The molecule has 0 saturated heterocycles. The van der Waals surface area contributed by atoms with Gasteiger partial charge < -0.3 is 11.1 Å². The lowest BCUT2D eigenvalue weighted by atomic mass is 10.2.